The smallest absolute Gasteiger partial charge is 0.335 e. The second-order valence-electron chi connectivity index (χ2n) is 5.51. The van der Waals surface area contributed by atoms with Crippen molar-refractivity contribution in [1.29, 1.82) is 5.26 Å². The molecule has 1 aliphatic heterocycles. The van der Waals surface area contributed by atoms with Crippen LogP contribution in [0, 0.1) is 11.3 Å². The Bertz CT molecular complexity index is 662. The molecule has 24 heavy (non-hydrogen) atoms. The molecule has 1 amide bonds. The zero-order chi connectivity index (χ0) is 17.4. The average molecular weight is 327 g/mol. The lowest BCUT2D eigenvalue weighted by Crippen LogP contribution is -2.39. The largest absolute Gasteiger partial charge is 0.463 e. The Morgan fingerprint density at radius 2 is 2.08 bits per heavy atom. The van der Waals surface area contributed by atoms with E-state index in [2.05, 4.69) is 10.2 Å². The maximum atomic E-state index is 12.1. The van der Waals surface area contributed by atoms with Crippen LogP contribution in [0.2, 0.25) is 0 Å². The number of nitrogens with one attached hydrogen (secondary N) is 1. The molecule has 1 N–H and O–H groups in total. The SMILES string of the molecule is CCOC(=O)C1=C(NC(=O)CC#N)CN(Cc2ccccc2)CC1. The predicted octanol–water partition coefficient (Wildman–Crippen LogP) is 1.74. The molecule has 2 rings (SSSR count). The molecule has 1 aromatic carbocycles. The molecule has 0 saturated heterocycles. The number of carbonyl (C=O) groups is 2. The van der Waals surface area contributed by atoms with Crippen molar-refractivity contribution in [2.45, 2.75) is 26.3 Å². The molecule has 0 atom stereocenters. The van der Waals surface area contributed by atoms with Gasteiger partial charge in [0.2, 0.25) is 5.91 Å². The zero-order valence-electron chi connectivity index (χ0n) is 13.7. The molecule has 1 aliphatic rings. The maximum Gasteiger partial charge on any atom is 0.335 e. The van der Waals surface area contributed by atoms with Gasteiger partial charge in [0.1, 0.15) is 6.42 Å². The third-order valence-electron chi connectivity index (χ3n) is 3.72. The van der Waals surface area contributed by atoms with E-state index < -0.39 is 11.9 Å². The maximum absolute atomic E-state index is 12.1. The molecule has 0 fully saturated rings. The molecule has 0 bridgehead atoms. The van der Waals surface area contributed by atoms with Crippen LogP contribution in [0.15, 0.2) is 41.6 Å². The van der Waals surface area contributed by atoms with E-state index in [0.717, 1.165) is 6.54 Å². The Morgan fingerprint density at radius 3 is 2.75 bits per heavy atom. The predicted molar refractivity (Wildman–Crippen MR) is 88.4 cm³/mol. The van der Waals surface area contributed by atoms with Gasteiger partial charge in [-0.05, 0) is 18.9 Å². The number of ether oxygens (including phenoxy) is 1. The standard InChI is InChI=1S/C18H21N3O3/c1-2-24-18(23)15-9-11-21(12-14-6-4-3-5-7-14)13-16(15)20-17(22)8-10-19/h3-7H,2,8-9,11-13H2,1H3,(H,20,22). The number of rotatable bonds is 6. The highest BCUT2D eigenvalue weighted by molar-refractivity contribution is 5.91. The third-order valence-corrected chi connectivity index (χ3v) is 3.72. The van der Waals surface area contributed by atoms with E-state index in [9.17, 15) is 9.59 Å². The highest BCUT2D eigenvalue weighted by Gasteiger charge is 2.25. The van der Waals surface area contributed by atoms with Gasteiger partial charge in [-0.25, -0.2) is 4.79 Å². The van der Waals surface area contributed by atoms with E-state index in [-0.39, 0.29) is 13.0 Å². The van der Waals surface area contributed by atoms with Crippen LogP contribution in [0.3, 0.4) is 0 Å². The summed E-state index contributed by atoms with van der Waals surface area (Å²) in [4.78, 5) is 26.0. The van der Waals surface area contributed by atoms with Crippen molar-refractivity contribution in [3.8, 4) is 6.07 Å². The van der Waals surface area contributed by atoms with Crippen molar-refractivity contribution < 1.29 is 14.3 Å². The number of benzene rings is 1. The van der Waals surface area contributed by atoms with Gasteiger partial charge < -0.3 is 10.1 Å². The van der Waals surface area contributed by atoms with Gasteiger partial charge in [-0.1, -0.05) is 30.3 Å². The molecule has 0 unspecified atom stereocenters. The molecule has 1 aromatic rings. The van der Waals surface area contributed by atoms with Gasteiger partial charge in [0, 0.05) is 25.3 Å². The molecular weight excluding hydrogens is 306 g/mol. The van der Waals surface area contributed by atoms with Gasteiger partial charge >= 0.3 is 5.97 Å². The fraction of sp³-hybridized carbons (Fsp3) is 0.389. The molecular formula is C18H21N3O3. The summed E-state index contributed by atoms with van der Waals surface area (Å²) in [6.07, 6.45) is 0.270. The molecule has 6 heteroatoms. The topological polar surface area (TPSA) is 82.4 Å². The van der Waals surface area contributed by atoms with Crippen LogP contribution in [0.1, 0.15) is 25.3 Å². The zero-order valence-corrected chi connectivity index (χ0v) is 13.7. The molecule has 0 radical (unpaired) electrons. The van der Waals surface area contributed by atoms with Crippen molar-refractivity contribution >= 4 is 11.9 Å². The van der Waals surface area contributed by atoms with Crippen molar-refractivity contribution in [3.63, 3.8) is 0 Å². The van der Waals surface area contributed by atoms with E-state index in [1.165, 1.54) is 5.56 Å². The first-order chi connectivity index (χ1) is 11.6. The quantitative estimate of drug-likeness (QED) is 0.805. The Labute approximate surface area is 141 Å². The van der Waals surface area contributed by atoms with Crippen LogP contribution in [-0.4, -0.2) is 36.5 Å². The minimum Gasteiger partial charge on any atom is -0.463 e. The monoisotopic (exact) mass is 327 g/mol. The number of esters is 1. The van der Waals surface area contributed by atoms with Gasteiger partial charge in [-0.15, -0.1) is 0 Å². The van der Waals surface area contributed by atoms with Gasteiger partial charge in [0.05, 0.1) is 18.2 Å². The summed E-state index contributed by atoms with van der Waals surface area (Å²) in [5.41, 5.74) is 2.20. The highest BCUT2D eigenvalue weighted by atomic mass is 16.5. The second-order valence-corrected chi connectivity index (χ2v) is 5.51. The van der Waals surface area contributed by atoms with Crippen molar-refractivity contribution in [1.82, 2.24) is 10.2 Å². The van der Waals surface area contributed by atoms with Crippen LogP contribution in [0.5, 0.6) is 0 Å². The summed E-state index contributed by atoms with van der Waals surface area (Å²) >= 11 is 0. The molecule has 0 aromatic heterocycles. The Kier molecular flexibility index (Phi) is 6.52. The fourth-order valence-electron chi connectivity index (χ4n) is 2.64. The normalized spacial score (nSPS) is 14.8. The van der Waals surface area contributed by atoms with Gasteiger partial charge in [0.25, 0.3) is 0 Å². The number of carbonyl (C=O) groups excluding carboxylic acids is 2. The van der Waals surface area contributed by atoms with E-state index >= 15 is 0 Å². The van der Waals surface area contributed by atoms with Crippen molar-refractivity contribution in [2.24, 2.45) is 0 Å². The van der Waals surface area contributed by atoms with E-state index in [1.807, 2.05) is 36.4 Å². The molecule has 6 nitrogen and oxygen atoms in total. The summed E-state index contributed by atoms with van der Waals surface area (Å²) in [5.74, 6) is -0.806. The van der Waals surface area contributed by atoms with Gasteiger partial charge in [-0.2, -0.15) is 5.26 Å². The molecule has 0 saturated carbocycles. The second kappa shape index (κ2) is 8.85. The Morgan fingerprint density at radius 1 is 1.33 bits per heavy atom. The summed E-state index contributed by atoms with van der Waals surface area (Å²) in [6, 6.07) is 11.8. The molecule has 1 heterocycles. The summed E-state index contributed by atoms with van der Waals surface area (Å²) in [7, 11) is 0. The molecule has 126 valence electrons. The number of amides is 1. The van der Waals surface area contributed by atoms with Crippen LogP contribution < -0.4 is 5.32 Å². The summed E-state index contributed by atoms with van der Waals surface area (Å²) in [6.45, 7) is 3.92. The molecule has 0 spiro atoms. The number of nitrogens with zero attached hydrogens (tertiary/aromatic N) is 2. The van der Waals surface area contributed by atoms with Gasteiger partial charge in [-0.3, -0.25) is 9.69 Å². The molecule has 0 aliphatic carbocycles. The first-order valence-corrected chi connectivity index (χ1v) is 7.96. The lowest BCUT2D eigenvalue weighted by molar-refractivity contribution is -0.139. The van der Waals surface area contributed by atoms with Crippen molar-refractivity contribution in [3.05, 3.63) is 47.2 Å². The van der Waals surface area contributed by atoms with E-state index in [0.29, 0.717) is 30.8 Å². The number of nitriles is 1. The Hall–Kier alpha value is -2.65. The third kappa shape index (κ3) is 4.93. The Balaban J connectivity index is 2.13. The lowest BCUT2D eigenvalue weighted by Gasteiger charge is -2.30. The number of hydrogen-bond donors (Lipinski definition) is 1. The first kappa shape index (κ1) is 17.7. The van der Waals surface area contributed by atoms with E-state index in [4.69, 9.17) is 10.00 Å². The van der Waals surface area contributed by atoms with Crippen LogP contribution in [-0.2, 0) is 20.9 Å². The fourth-order valence-corrected chi connectivity index (χ4v) is 2.64. The van der Waals surface area contributed by atoms with E-state index in [1.54, 1.807) is 6.92 Å². The first-order valence-electron chi connectivity index (χ1n) is 7.96. The van der Waals surface area contributed by atoms with Crippen LogP contribution in [0.4, 0.5) is 0 Å². The average Bonchev–Trinajstić information content (AvgIpc) is 2.56. The minimum absolute atomic E-state index is 0.238. The van der Waals surface area contributed by atoms with Crippen molar-refractivity contribution in [2.75, 3.05) is 19.7 Å². The highest BCUT2D eigenvalue weighted by Crippen LogP contribution is 2.20. The number of hydrogen-bond acceptors (Lipinski definition) is 5. The van der Waals surface area contributed by atoms with Crippen LogP contribution >= 0.6 is 0 Å². The van der Waals surface area contributed by atoms with Crippen LogP contribution in [0.25, 0.3) is 0 Å². The summed E-state index contributed by atoms with van der Waals surface area (Å²) < 4.78 is 5.08. The minimum atomic E-state index is -0.407. The lowest BCUT2D eigenvalue weighted by atomic mass is 10.0. The summed E-state index contributed by atoms with van der Waals surface area (Å²) in [5, 5.41) is 11.3. The van der Waals surface area contributed by atoms with Gasteiger partial charge in [0.15, 0.2) is 0 Å².